The molecule has 0 spiro atoms. The Kier molecular flexibility index (Phi) is 7.35. The molecule has 5 heteroatoms. The molecule has 1 N–H and O–H groups in total. The highest BCUT2D eigenvalue weighted by Gasteiger charge is 2.12. The lowest BCUT2D eigenvalue weighted by Gasteiger charge is -2.11. The maximum absolute atomic E-state index is 12.6. The number of carbonyl (C=O) groups excluding carboxylic acids is 1. The van der Waals surface area contributed by atoms with Gasteiger partial charge in [0.2, 0.25) is 0 Å². The highest BCUT2D eigenvalue weighted by atomic mass is 35.5. The topological polar surface area (TPSA) is 62.1 Å². The summed E-state index contributed by atoms with van der Waals surface area (Å²) in [6.07, 6.45) is 1.51. The lowest BCUT2D eigenvalue weighted by molar-refractivity contribution is -0.112. The summed E-state index contributed by atoms with van der Waals surface area (Å²) in [6.45, 7) is 8.39. The summed E-state index contributed by atoms with van der Waals surface area (Å²) in [4.78, 5) is 12.6. The molecule has 32 heavy (non-hydrogen) atoms. The summed E-state index contributed by atoms with van der Waals surface area (Å²) in [6, 6.07) is 19.1. The molecule has 1 amide bonds. The Morgan fingerprint density at radius 3 is 2.44 bits per heavy atom. The van der Waals surface area contributed by atoms with Crippen molar-refractivity contribution in [2.24, 2.45) is 0 Å². The van der Waals surface area contributed by atoms with Crippen LogP contribution >= 0.6 is 11.6 Å². The SMILES string of the molecule is Cc1ccc(C)c(NC(=O)/C(C#N)=C/c2ccc(OCc3ccc(C)c(C)c3)c(Cl)c2)c1. The molecule has 0 aromatic heterocycles. The fourth-order valence-electron chi connectivity index (χ4n) is 3.15. The second-order valence-corrected chi connectivity index (χ2v) is 8.25. The summed E-state index contributed by atoms with van der Waals surface area (Å²) >= 11 is 6.39. The van der Waals surface area contributed by atoms with Gasteiger partial charge in [0.25, 0.3) is 5.91 Å². The Morgan fingerprint density at radius 2 is 1.75 bits per heavy atom. The van der Waals surface area contributed by atoms with E-state index in [0.29, 0.717) is 28.6 Å². The standard InChI is InChI=1S/C27H25ClN2O2/c1-17-5-6-19(3)25(11-17)30-27(31)23(15-29)13-21-9-10-26(24(28)14-21)32-16-22-8-7-18(2)20(4)12-22/h5-14H,16H2,1-4H3,(H,30,31)/b23-13+. The minimum absolute atomic E-state index is 0.00854. The van der Waals surface area contributed by atoms with Crippen molar-refractivity contribution in [1.29, 1.82) is 5.26 Å². The quantitative estimate of drug-likeness (QED) is 0.340. The van der Waals surface area contributed by atoms with Gasteiger partial charge in [-0.05, 0) is 85.4 Å². The third-order valence-electron chi connectivity index (χ3n) is 5.24. The zero-order valence-corrected chi connectivity index (χ0v) is 19.4. The number of carbonyl (C=O) groups is 1. The highest BCUT2D eigenvalue weighted by molar-refractivity contribution is 6.32. The number of amides is 1. The molecule has 162 valence electrons. The van der Waals surface area contributed by atoms with Crippen LogP contribution in [0, 0.1) is 39.0 Å². The molecular formula is C27H25ClN2O2. The molecular weight excluding hydrogens is 420 g/mol. The molecule has 0 unspecified atom stereocenters. The van der Waals surface area contributed by atoms with Crippen molar-refractivity contribution in [2.45, 2.75) is 34.3 Å². The predicted molar refractivity (Wildman–Crippen MR) is 130 cm³/mol. The van der Waals surface area contributed by atoms with Crippen molar-refractivity contribution < 1.29 is 9.53 Å². The maximum atomic E-state index is 12.6. The molecule has 0 saturated carbocycles. The molecule has 4 nitrogen and oxygen atoms in total. The Labute approximate surface area is 194 Å². The molecule has 0 aliphatic rings. The number of halogens is 1. The van der Waals surface area contributed by atoms with Crippen LogP contribution in [-0.4, -0.2) is 5.91 Å². The normalized spacial score (nSPS) is 11.1. The van der Waals surface area contributed by atoms with E-state index in [4.69, 9.17) is 16.3 Å². The van der Waals surface area contributed by atoms with E-state index in [0.717, 1.165) is 16.7 Å². The number of nitriles is 1. The van der Waals surface area contributed by atoms with Crippen LogP contribution in [0.15, 0.2) is 60.2 Å². The van der Waals surface area contributed by atoms with Gasteiger partial charge in [0.1, 0.15) is 24.0 Å². The van der Waals surface area contributed by atoms with E-state index >= 15 is 0 Å². The first-order chi connectivity index (χ1) is 15.3. The number of rotatable bonds is 6. The van der Waals surface area contributed by atoms with E-state index in [2.05, 4.69) is 31.3 Å². The van der Waals surface area contributed by atoms with Crippen LogP contribution in [0.25, 0.3) is 6.08 Å². The smallest absolute Gasteiger partial charge is 0.266 e. The number of aryl methyl sites for hydroxylation is 4. The minimum atomic E-state index is -0.465. The Morgan fingerprint density at radius 1 is 1.00 bits per heavy atom. The fraction of sp³-hybridized carbons (Fsp3) is 0.185. The van der Waals surface area contributed by atoms with E-state index in [1.54, 1.807) is 18.2 Å². The summed E-state index contributed by atoms with van der Waals surface area (Å²) < 4.78 is 5.86. The summed E-state index contributed by atoms with van der Waals surface area (Å²) in [7, 11) is 0. The van der Waals surface area contributed by atoms with Gasteiger partial charge >= 0.3 is 0 Å². The van der Waals surface area contributed by atoms with Crippen molar-refractivity contribution in [3.63, 3.8) is 0 Å². The predicted octanol–water partition coefficient (Wildman–Crippen LogP) is 6.70. The van der Waals surface area contributed by atoms with Gasteiger partial charge in [-0.25, -0.2) is 0 Å². The monoisotopic (exact) mass is 444 g/mol. The average molecular weight is 445 g/mol. The number of benzene rings is 3. The molecule has 0 aliphatic heterocycles. The van der Waals surface area contributed by atoms with Crippen LogP contribution in [0.2, 0.25) is 5.02 Å². The van der Waals surface area contributed by atoms with Crippen LogP contribution < -0.4 is 10.1 Å². The Hall–Kier alpha value is -3.55. The molecule has 0 bridgehead atoms. The second-order valence-electron chi connectivity index (χ2n) is 7.84. The molecule has 0 atom stereocenters. The first kappa shape index (κ1) is 23.1. The van der Waals surface area contributed by atoms with Crippen molar-refractivity contribution in [3.8, 4) is 11.8 Å². The van der Waals surface area contributed by atoms with Crippen LogP contribution in [-0.2, 0) is 11.4 Å². The van der Waals surface area contributed by atoms with Crippen LogP contribution in [0.1, 0.15) is 33.4 Å². The van der Waals surface area contributed by atoms with Gasteiger partial charge in [0.15, 0.2) is 0 Å². The summed E-state index contributed by atoms with van der Waals surface area (Å²) in [5, 5.41) is 12.7. The minimum Gasteiger partial charge on any atom is -0.487 e. The van der Waals surface area contributed by atoms with Crippen molar-refractivity contribution in [2.75, 3.05) is 5.32 Å². The molecule has 3 aromatic carbocycles. The molecule has 0 heterocycles. The highest BCUT2D eigenvalue weighted by Crippen LogP contribution is 2.28. The van der Waals surface area contributed by atoms with E-state index in [1.807, 2.05) is 44.2 Å². The largest absolute Gasteiger partial charge is 0.487 e. The first-order valence-corrected chi connectivity index (χ1v) is 10.6. The van der Waals surface area contributed by atoms with Gasteiger partial charge < -0.3 is 10.1 Å². The molecule has 0 fully saturated rings. The number of ether oxygens (including phenoxy) is 1. The maximum Gasteiger partial charge on any atom is 0.266 e. The molecule has 0 radical (unpaired) electrons. The van der Waals surface area contributed by atoms with Crippen molar-refractivity contribution >= 4 is 29.3 Å². The molecule has 0 saturated heterocycles. The van der Waals surface area contributed by atoms with Gasteiger partial charge in [-0.15, -0.1) is 0 Å². The first-order valence-electron chi connectivity index (χ1n) is 10.3. The van der Waals surface area contributed by atoms with Gasteiger partial charge in [-0.3, -0.25) is 4.79 Å². The summed E-state index contributed by atoms with van der Waals surface area (Å²) in [5.74, 6) is 0.0766. The van der Waals surface area contributed by atoms with Crippen LogP contribution in [0.4, 0.5) is 5.69 Å². The van der Waals surface area contributed by atoms with E-state index in [1.165, 1.54) is 17.2 Å². The van der Waals surface area contributed by atoms with E-state index in [-0.39, 0.29) is 5.57 Å². The average Bonchev–Trinajstić information content (AvgIpc) is 2.76. The van der Waals surface area contributed by atoms with Crippen molar-refractivity contribution in [3.05, 3.63) is 98.6 Å². The van der Waals surface area contributed by atoms with Gasteiger partial charge in [0.05, 0.1) is 5.02 Å². The zero-order valence-electron chi connectivity index (χ0n) is 18.6. The lowest BCUT2D eigenvalue weighted by Crippen LogP contribution is -2.14. The van der Waals surface area contributed by atoms with Crippen LogP contribution in [0.3, 0.4) is 0 Å². The number of anilines is 1. The lowest BCUT2D eigenvalue weighted by atomic mass is 10.1. The van der Waals surface area contributed by atoms with E-state index in [9.17, 15) is 10.1 Å². The van der Waals surface area contributed by atoms with Gasteiger partial charge in [-0.2, -0.15) is 5.26 Å². The molecule has 3 aromatic rings. The fourth-order valence-corrected chi connectivity index (χ4v) is 3.40. The van der Waals surface area contributed by atoms with E-state index < -0.39 is 5.91 Å². The van der Waals surface area contributed by atoms with Gasteiger partial charge in [-0.1, -0.05) is 48.0 Å². The number of hydrogen-bond donors (Lipinski definition) is 1. The van der Waals surface area contributed by atoms with Gasteiger partial charge in [0, 0.05) is 5.69 Å². The number of nitrogens with one attached hydrogen (secondary N) is 1. The third-order valence-corrected chi connectivity index (χ3v) is 5.53. The van der Waals surface area contributed by atoms with Crippen molar-refractivity contribution in [1.82, 2.24) is 0 Å². The number of nitrogens with zero attached hydrogens (tertiary/aromatic N) is 1. The third kappa shape index (κ3) is 5.78. The summed E-state index contributed by atoms with van der Waals surface area (Å²) in [5.41, 5.74) is 6.77. The zero-order chi connectivity index (χ0) is 23.3. The molecule has 3 rings (SSSR count). The number of hydrogen-bond acceptors (Lipinski definition) is 3. The molecule has 0 aliphatic carbocycles. The Balaban J connectivity index is 1.73. The Bertz CT molecular complexity index is 1240. The second kappa shape index (κ2) is 10.2. The van der Waals surface area contributed by atoms with Crippen LogP contribution in [0.5, 0.6) is 5.75 Å².